The molecule has 1 saturated heterocycles. The highest BCUT2D eigenvalue weighted by molar-refractivity contribution is 4.81. The number of hydrogen-bond donors (Lipinski definition) is 1. The number of alkyl halides is 2. The third-order valence-electron chi connectivity index (χ3n) is 1.67. The van der Waals surface area contributed by atoms with Crippen LogP contribution in [0.4, 0.5) is 8.78 Å². The molecule has 1 aliphatic rings. The molecule has 0 aliphatic carbocycles. The van der Waals surface area contributed by atoms with E-state index < -0.39 is 18.6 Å². The lowest BCUT2D eigenvalue weighted by molar-refractivity contribution is -0.108. The summed E-state index contributed by atoms with van der Waals surface area (Å²) in [6, 6.07) is 0. The van der Waals surface area contributed by atoms with Gasteiger partial charge < -0.3 is 10.5 Å². The standard InChI is InChI=1S/C6H11F2NO/c7-6(8,4-9)5-2-1-3-10-5/h5H,1-4,9H2. The van der Waals surface area contributed by atoms with E-state index in [1.54, 1.807) is 0 Å². The van der Waals surface area contributed by atoms with Gasteiger partial charge in [0.2, 0.25) is 0 Å². The summed E-state index contributed by atoms with van der Waals surface area (Å²) in [6.07, 6.45) is 0.224. The fourth-order valence-electron chi connectivity index (χ4n) is 1.04. The smallest absolute Gasteiger partial charge is 0.285 e. The van der Waals surface area contributed by atoms with E-state index in [0.29, 0.717) is 13.0 Å². The van der Waals surface area contributed by atoms with Gasteiger partial charge in [0.15, 0.2) is 0 Å². The lowest BCUT2D eigenvalue weighted by Gasteiger charge is -2.19. The first-order valence-corrected chi connectivity index (χ1v) is 3.36. The number of hydrogen-bond acceptors (Lipinski definition) is 2. The Hall–Kier alpha value is -0.220. The van der Waals surface area contributed by atoms with Crippen molar-refractivity contribution in [3.63, 3.8) is 0 Å². The minimum atomic E-state index is -2.82. The van der Waals surface area contributed by atoms with E-state index in [2.05, 4.69) is 0 Å². The van der Waals surface area contributed by atoms with Crippen LogP contribution in [0.5, 0.6) is 0 Å². The quantitative estimate of drug-likeness (QED) is 0.632. The van der Waals surface area contributed by atoms with Gasteiger partial charge >= 0.3 is 0 Å². The largest absolute Gasteiger partial charge is 0.372 e. The van der Waals surface area contributed by atoms with E-state index >= 15 is 0 Å². The van der Waals surface area contributed by atoms with Gasteiger partial charge in [0.25, 0.3) is 5.92 Å². The van der Waals surface area contributed by atoms with Crippen LogP contribution in [0.3, 0.4) is 0 Å². The molecule has 60 valence electrons. The van der Waals surface area contributed by atoms with Crippen LogP contribution in [-0.2, 0) is 4.74 Å². The van der Waals surface area contributed by atoms with E-state index in [0.717, 1.165) is 6.42 Å². The maximum atomic E-state index is 12.6. The molecule has 0 radical (unpaired) electrons. The van der Waals surface area contributed by atoms with E-state index in [1.165, 1.54) is 0 Å². The molecule has 0 spiro atoms. The summed E-state index contributed by atoms with van der Waals surface area (Å²) < 4.78 is 30.0. The van der Waals surface area contributed by atoms with Crippen molar-refractivity contribution in [2.45, 2.75) is 24.9 Å². The average molecular weight is 151 g/mol. The highest BCUT2D eigenvalue weighted by Gasteiger charge is 2.40. The highest BCUT2D eigenvalue weighted by atomic mass is 19.3. The maximum Gasteiger partial charge on any atom is 0.285 e. The molecule has 0 aromatic heterocycles. The fourth-order valence-corrected chi connectivity index (χ4v) is 1.04. The lowest BCUT2D eigenvalue weighted by atomic mass is 10.1. The Morgan fingerprint density at radius 1 is 1.60 bits per heavy atom. The molecular formula is C6H11F2NO. The first kappa shape index (κ1) is 7.88. The highest BCUT2D eigenvalue weighted by Crippen LogP contribution is 2.27. The van der Waals surface area contributed by atoms with Crippen LogP contribution in [0.15, 0.2) is 0 Å². The fraction of sp³-hybridized carbons (Fsp3) is 1.00. The lowest BCUT2D eigenvalue weighted by Crippen LogP contribution is -2.40. The van der Waals surface area contributed by atoms with Crippen LogP contribution in [0.2, 0.25) is 0 Å². The first-order chi connectivity index (χ1) is 4.67. The zero-order valence-corrected chi connectivity index (χ0v) is 5.65. The third kappa shape index (κ3) is 1.44. The molecule has 0 aromatic rings. The summed E-state index contributed by atoms with van der Waals surface area (Å²) in [4.78, 5) is 0. The Kier molecular flexibility index (Phi) is 2.21. The number of nitrogens with two attached hydrogens (primary N) is 1. The Balaban J connectivity index is 2.45. The molecule has 0 amide bonds. The zero-order valence-electron chi connectivity index (χ0n) is 5.65. The molecule has 1 fully saturated rings. The number of ether oxygens (including phenoxy) is 1. The predicted octanol–water partition coefficient (Wildman–Crippen LogP) is 0.759. The van der Waals surface area contributed by atoms with Crippen molar-refractivity contribution in [3.8, 4) is 0 Å². The van der Waals surface area contributed by atoms with Gasteiger partial charge in [0.05, 0.1) is 6.54 Å². The molecule has 1 unspecified atom stereocenters. The second-order valence-corrected chi connectivity index (χ2v) is 2.47. The number of rotatable bonds is 2. The van der Waals surface area contributed by atoms with Crippen molar-refractivity contribution in [1.29, 1.82) is 0 Å². The molecule has 1 atom stereocenters. The summed E-state index contributed by atoms with van der Waals surface area (Å²) in [6.45, 7) is -0.169. The van der Waals surface area contributed by atoms with Gasteiger partial charge in [-0.1, -0.05) is 0 Å². The van der Waals surface area contributed by atoms with Crippen molar-refractivity contribution in [3.05, 3.63) is 0 Å². The molecule has 2 N–H and O–H groups in total. The molecule has 0 bridgehead atoms. The summed E-state index contributed by atoms with van der Waals surface area (Å²) in [5.41, 5.74) is 4.86. The second kappa shape index (κ2) is 2.80. The van der Waals surface area contributed by atoms with Crippen molar-refractivity contribution >= 4 is 0 Å². The molecule has 1 rings (SSSR count). The molecular weight excluding hydrogens is 140 g/mol. The SMILES string of the molecule is NCC(F)(F)C1CCCO1. The average Bonchev–Trinajstić information content (AvgIpc) is 2.38. The van der Waals surface area contributed by atoms with Gasteiger partial charge in [-0.25, -0.2) is 8.78 Å². The van der Waals surface area contributed by atoms with Gasteiger partial charge in [-0.05, 0) is 12.8 Å². The summed E-state index contributed by atoms with van der Waals surface area (Å²) in [5, 5.41) is 0. The van der Waals surface area contributed by atoms with E-state index in [1.807, 2.05) is 0 Å². The van der Waals surface area contributed by atoms with Crippen molar-refractivity contribution in [2.75, 3.05) is 13.2 Å². The van der Waals surface area contributed by atoms with Crippen molar-refractivity contribution < 1.29 is 13.5 Å². The number of halogens is 2. The normalized spacial score (nSPS) is 27.3. The van der Waals surface area contributed by atoms with Gasteiger partial charge in [-0.15, -0.1) is 0 Å². The van der Waals surface area contributed by atoms with E-state index in [4.69, 9.17) is 10.5 Å². The molecule has 2 nitrogen and oxygen atoms in total. The third-order valence-corrected chi connectivity index (χ3v) is 1.67. The monoisotopic (exact) mass is 151 g/mol. The zero-order chi connectivity index (χ0) is 7.61. The molecule has 4 heteroatoms. The van der Waals surface area contributed by atoms with Crippen LogP contribution >= 0.6 is 0 Å². The molecule has 1 aliphatic heterocycles. The van der Waals surface area contributed by atoms with Crippen molar-refractivity contribution in [1.82, 2.24) is 0 Å². The summed E-state index contributed by atoms with van der Waals surface area (Å²) >= 11 is 0. The summed E-state index contributed by atoms with van der Waals surface area (Å²) in [5.74, 6) is -2.82. The van der Waals surface area contributed by atoms with Gasteiger partial charge in [0.1, 0.15) is 6.10 Å². The minimum absolute atomic E-state index is 0.435. The molecule has 1 heterocycles. The Morgan fingerprint density at radius 3 is 2.70 bits per heavy atom. The van der Waals surface area contributed by atoms with E-state index in [9.17, 15) is 8.78 Å². The Morgan fingerprint density at radius 2 is 2.30 bits per heavy atom. The van der Waals surface area contributed by atoms with E-state index in [-0.39, 0.29) is 0 Å². The second-order valence-electron chi connectivity index (χ2n) is 2.47. The first-order valence-electron chi connectivity index (χ1n) is 3.36. The van der Waals surface area contributed by atoms with Gasteiger partial charge in [-0.2, -0.15) is 0 Å². The molecule has 10 heavy (non-hydrogen) atoms. The van der Waals surface area contributed by atoms with Crippen LogP contribution in [0.25, 0.3) is 0 Å². The van der Waals surface area contributed by atoms with Crippen LogP contribution in [0.1, 0.15) is 12.8 Å². The van der Waals surface area contributed by atoms with Crippen LogP contribution in [-0.4, -0.2) is 25.2 Å². The summed E-state index contributed by atoms with van der Waals surface area (Å²) in [7, 11) is 0. The van der Waals surface area contributed by atoms with Crippen molar-refractivity contribution in [2.24, 2.45) is 5.73 Å². The maximum absolute atomic E-state index is 12.6. The van der Waals surface area contributed by atoms with Crippen LogP contribution < -0.4 is 5.73 Å². The minimum Gasteiger partial charge on any atom is -0.372 e. The van der Waals surface area contributed by atoms with Gasteiger partial charge in [-0.3, -0.25) is 0 Å². The van der Waals surface area contributed by atoms with Gasteiger partial charge in [0, 0.05) is 6.61 Å². The Labute approximate surface area is 58.3 Å². The molecule has 0 saturated carbocycles. The predicted molar refractivity (Wildman–Crippen MR) is 33.0 cm³/mol. The molecule has 0 aromatic carbocycles. The topological polar surface area (TPSA) is 35.2 Å². The van der Waals surface area contributed by atoms with Crippen LogP contribution in [0, 0.1) is 0 Å². The Bertz CT molecular complexity index is 112.